The highest BCUT2D eigenvalue weighted by molar-refractivity contribution is 6.33. The van der Waals surface area contributed by atoms with E-state index in [1.165, 1.54) is 0 Å². The molecule has 110 valence electrons. The van der Waals surface area contributed by atoms with E-state index < -0.39 is 0 Å². The third-order valence-electron chi connectivity index (χ3n) is 3.59. The summed E-state index contributed by atoms with van der Waals surface area (Å²) in [5, 5.41) is 0.528. The van der Waals surface area contributed by atoms with Crippen LogP contribution in [0, 0.1) is 0 Å². The molecule has 1 fully saturated rings. The number of methoxy groups -OCH3 is 1. The van der Waals surface area contributed by atoms with Gasteiger partial charge in [-0.05, 0) is 18.6 Å². The van der Waals surface area contributed by atoms with E-state index in [2.05, 4.69) is 4.90 Å². The van der Waals surface area contributed by atoms with E-state index >= 15 is 0 Å². The SMILES string of the molecule is COCCCN1CCN(C(=O)c2ccccc2Cl)CC1. The highest BCUT2D eigenvalue weighted by Crippen LogP contribution is 2.18. The van der Waals surface area contributed by atoms with Crippen molar-refractivity contribution in [2.45, 2.75) is 6.42 Å². The number of hydrogen-bond donors (Lipinski definition) is 0. The fourth-order valence-electron chi connectivity index (χ4n) is 2.41. The molecule has 2 rings (SSSR count). The van der Waals surface area contributed by atoms with Gasteiger partial charge in [-0.15, -0.1) is 0 Å². The van der Waals surface area contributed by atoms with Crippen molar-refractivity contribution in [1.82, 2.24) is 9.80 Å². The van der Waals surface area contributed by atoms with Crippen LogP contribution in [0.4, 0.5) is 0 Å². The smallest absolute Gasteiger partial charge is 0.255 e. The summed E-state index contributed by atoms with van der Waals surface area (Å²) in [6.45, 7) is 5.18. The van der Waals surface area contributed by atoms with Crippen molar-refractivity contribution in [3.05, 3.63) is 34.9 Å². The number of benzene rings is 1. The number of hydrogen-bond acceptors (Lipinski definition) is 3. The van der Waals surface area contributed by atoms with Crippen LogP contribution >= 0.6 is 11.6 Å². The zero-order chi connectivity index (χ0) is 14.4. The second-order valence-electron chi connectivity index (χ2n) is 4.96. The first-order valence-corrected chi connectivity index (χ1v) is 7.35. The lowest BCUT2D eigenvalue weighted by atomic mass is 10.2. The number of carbonyl (C=O) groups excluding carboxylic acids is 1. The molecule has 1 heterocycles. The molecule has 1 saturated heterocycles. The minimum atomic E-state index is 0.0344. The van der Waals surface area contributed by atoms with Gasteiger partial charge in [-0.2, -0.15) is 0 Å². The molecule has 0 radical (unpaired) electrons. The third kappa shape index (κ3) is 3.95. The number of carbonyl (C=O) groups is 1. The predicted octanol–water partition coefficient (Wildman–Crippen LogP) is 2.13. The quantitative estimate of drug-likeness (QED) is 0.781. The van der Waals surface area contributed by atoms with Crippen molar-refractivity contribution in [3.63, 3.8) is 0 Å². The third-order valence-corrected chi connectivity index (χ3v) is 3.92. The van der Waals surface area contributed by atoms with Gasteiger partial charge in [-0.25, -0.2) is 0 Å². The van der Waals surface area contributed by atoms with Gasteiger partial charge in [-0.1, -0.05) is 23.7 Å². The second kappa shape index (κ2) is 7.62. The van der Waals surface area contributed by atoms with E-state index in [4.69, 9.17) is 16.3 Å². The average Bonchev–Trinajstić information content (AvgIpc) is 2.48. The molecule has 5 heteroatoms. The van der Waals surface area contributed by atoms with Crippen LogP contribution < -0.4 is 0 Å². The standard InChI is InChI=1S/C15H21ClN2O2/c1-20-12-4-7-17-8-10-18(11-9-17)15(19)13-5-2-3-6-14(13)16/h2-3,5-6H,4,7-12H2,1H3. The highest BCUT2D eigenvalue weighted by atomic mass is 35.5. The monoisotopic (exact) mass is 296 g/mol. The van der Waals surface area contributed by atoms with Gasteiger partial charge in [-0.3, -0.25) is 9.69 Å². The summed E-state index contributed by atoms with van der Waals surface area (Å²) in [6, 6.07) is 7.23. The Labute approximate surface area is 125 Å². The Morgan fingerprint density at radius 1 is 1.25 bits per heavy atom. The van der Waals surface area contributed by atoms with Crippen LogP contribution in [0.1, 0.15) is 16.8 Å². The fraction of sp³-hybridized carbons (Fsp3) is 0.533. The molecular weight excluding hydrogens is 276 g/mol. The molecule has 1 aromatic rings. The number of ether oxygens (including phenoxy) is 1. The molecule has 20 heavy (non-hydrogen) atoms. The Bertz CT molecular complexity index is 445. The van der Waals surface area contributed by atoms with Crippen LogP contribution in [-0.2, 0) is 4.74 Å². The summed E-state index contributed by atoms with van der Waals surface area (Å²) in [4.78, 5) is 16.6. The molecule has 0 bridgehead atoms. The molecule has 1 aromatic carbocycles. The number of rotatable bonds is 5. The Morgan fingerprint density at radius 3 is 2.60 bits per heavy atom. The topological polar surface area (TPSA) is 32.8 Å². The van der Waals surface area contributed by atoms with Crippen molar-refractivity contribution >= 4 is 17.5 Å². The summed E-state index contributed by atoms with van der Waals surface area (Å²) >= 11 is 6.08. The molecule has 0 N–H and O–H groups in total. The molecular formula is C15H21ClN2O2. The Kier molecular flexibility index (Phi) is 5.83. The number of halogens is 1. The van der Waals surface area contributed by atoms with E-state index in [0.717, 1.165) is 45.8 Å². The first-order valence-electron chi connectivity index (χ1n) is 6.97. The van der Waals surface area contributed by atoms with Gasteiger partial charge in [0.2, 0.25) is 0 Å². The van der Waals surface area contributed by atoms with E-state index in [-0.39, 0.29) is 5.91 Å². The predicted molar refractivity (Wildman–Crippen MR) is 80.3 cm³/mol. The first-order chi connectivity index (χ1) is 9.72. The van der Waals surface area contributed by atoms with Crippen molar-refractivity contribution in [2.24, 2.45) is 0 Å². The van der Waals surface area contributed by atoms with Gasteiger partial charge in [0.15, 0.2) is 0 Å². The Balaban J connectivity index is 1.85. The number of amides is 1. The lowest BCUT2D eigenvalue weighted by Gasteiger charge is -2.34. The van der Waals surface area contributed by atoms with E-state index in [1.807, 2.05) is 17.0 Å². The molecule has 0 unspecified atom stereocenters. The van der Waals surface area contributed by atoms with E-state index in [0.29, 0.717) is 10.6 Å². The fourth-order valence-corrected chi connectivity index (χ4v) is 2.63. The van der Waals surface area contributed by atoms with Gasteiger partial charge in [0.1, 0.15) is 0 Å². The molecule has 0 atom stereocenters. The van der Waals surface area contributed by atoms with Crippen LogP contribution in [-0.4, -0.2) is 62.1 Å². The minimum absolute atomic E-state index is 0.0344. The maximum atomic E-state index is 12.4. The zero-order valence-electron chi connectivity index (χ0n) is 11.8. The van der Waals surface area contributed by atoms with E-state index in [1.54, 1.807) is 19.2 Å². The van der Waals surface area contributed by atoms with Crippen LogP contribution in [0.25, 0.3) is 0 Å². The van der Waals surface area contributed by atoms with Crippen LogP contribution in [0.5, 0.6) is 0 Å². The average molecular weight is 297 g/mol. The zero-order valence-corrected chi connectivity index (χ0v) is 12.6. The molecule has 1 amide bonds. The number of nitrogens with zero attached hydrogens (tertiary/aromatic N) is 2. The highest BCUT2D eigenvalue weighted by Gasteiger charge is 2.22. The van der Waals surface area contributed by atoms with Crippen molar-refractivity contribution in [3.8, 4) is 0 Å². The normalized spacial score (nSPS) is 16.4. The second-order valence-corrected chi connectivity index (χ2v) is 5.37. The van der Waals surface area contributed by atoms with Gasteiger partial charge < -0.3 is 9.64 Å². The van der Waals surface area contributed by atoms with Crippen molar-refractivity contribution in [2.75, 3.05) is 46.4 Å². The largest absolute Gasteiger partial charge is 0.385 e. The van der Waals surface area contributed by atoms with Gasteiger partial charge >= 0.3 is 0 Å². The summed E-state index contributed by atoms with van der Waals surface area (Å²) in [7, 11) is 1.72. The lowest BCUT2D eigenvalue weighted by molar-refractivity contribution is 0.0624. The first kappa shape index (κ1) is 15.3. The molecule has 1 aliphatic rings. The van der Waals surface area contributed by atoms with Crippen LogP contribution in [0.3, 0.4) is 0 Å². The molecule has 4 nitrogen and oxygen atoms in total. The number of piperazine rings is 1. The summed E-state index contributed by atoms with van der Waals surface area (Å²) in [5.74, 6) is 0.0344. The molecule has 1 aliphatic heterocycles. The molecule has 0 saturated carbocycles. The van der Waals surface area contributed by atoms with Gasteiger partial charge in [0.25, 0.3) is 5.91 Å². The van der Waals surface area contributed by atoms with E-state index in [9.17, 15) is 4.79 Å². The van der Waals surface area contributed by atoms with Crippen LogP contribution in [0.15, 0.2) is 24.3 Å². The minimum Gasteiger partial charge on any atom is -0.385 e. The van der Waals surface area contributed by atoms with Crippen LogP contribution in [0.2, 0.25) is 5.02 Å². The summed E-state index contributed by atoms with van der Waals surface area (Å²) < 4.78 is 5.06. The maximum absolute atomic E-state index is 12.4. The Hall–Kier alpha value is -1.10. The van der Waals surface area contributed by atoms with Gasteiger partial charge in [0.05, 0.1) is 10.6 Å². The Morgan fingerprint density at radius 2 is 1.95 bits per heavy atom. The van der Waals surface area contributed by atoms with Crippen molar-refractivity contribution < 1.29 is 9.53 Å². The summed E-state index contributed by atoms with van der Waals surface area (Å²) in [5.41, 5.74) is 0.599. The van der Waals surface area contributed by atoms with Crippen molar-refractivity contribution in [1.29, 1.82) is 0 Å². The molecule has 0 spiro atoms. The molecule has 0 aromatic heterocycles. The summed E-state index contributed by atoms with van der Waals surface area (Å²) in [6.07, 6.45) is 1.04. The van der Waals surface area contributed by atoms with Gasteiger partial charge in [0, 0.05) is 46.4 Å². The maximum Gasteiger partial charge on any atom is 0.255 e. The molecule has 0 aliphatic carbocycles. The lowest BCUT2D eigenvalue weighted by Crippen LogP contribution is -2.49.